The zero-order valence-electron chi connectivity index (χ0n) is 9.27. The Hall–Kier alpha value is -1.77. The largest absolute Gasteiger partial charge is 0.351 e. The predicted octanol–water partition coefficient (Wildman–Crippen LogP) is 1.87. The van der Waals surface area contributed by atoms with Crippen molar-refractivity contribution >= 4 is 6.29 Å². The van der Waals surface area contributed by atoms with Crippen LogP contribution >= 0.6 is 0 Å². The second kappa shape index (κ2) is 7.51. The van der Waals surface area contributed by atoms with Gasteiger partial charge in [0.2, 0.25) is 0 Å². The fourth-order valence-corrected chi connectivity index (χ4v) is 1.05. The van der Waals surface area contributed by atoms with Gasteiger partial charge >= 0.3 is 0 Å². The number of unbranched alkanes of at least 4 members (excludes halogenated alkanes) is 1. The third kappa shape index (κ3) is 5.20. The van der Waals surface area contributed by atoms with Gasteiger partial charge < -0.3 is 9.53 Å². The van der Waals surface area contributed by atoms with Crippen LogP contribution < -0.4 is 0 Å². The van der Waals surface area contributed by atoms with Crippen molar-refractivity contribution in [3.63, 3.8) is 0 Å². The molecule has 0 radical (unpaired) electrons. The van der Waals surface area contributed by atoms with Gasteiger partial charge in [-0.15, -0.1) is 0 Å². The Morgan fingerprint density at radius 1 is 1.31 bits per heavy atom. The van der Waals surface area contributed by atoms with Gasteiger partial charge in [-0.3, -0.25) is 0 Å². The molecular formula is C14H14O2. The molecule has 2 heteroatoms. The van der Waals surface area contributed by atoms with E-state index in [9.17, 15) is 4.79 Å². The molecule has 0 saturated carbocycles. The van der Waals surface area contributed by atoms with E-state index in [4.69, 9.17) is 4.74 Å². The number of carbonyl (C=O) groups excluding carboxylic acids is 1. The summed E-state index contributed by atoms with van der Waals surface area (Å²) in [4.78, 5) is 10.0. The Labute approximate surface area is 96.4 Å². The van der Waals surface area contributed by atoms with E-state index >= 15 is 0 Å². The zero-order chi connectivity index (χ0) is 11.6. The molecule has 1 heterocycles. The van der Waals surface area contributed by atoms with Crippen LogP contribution in [0.3, 0.4) is 0 Å². The van der Waals surface area contributed by atoms with Crippen molar-refractivity contribution in [2.45, 2.75) is 32.0 Å². The molecule has 1 saturated heterocycles. The number of rotatable bonds is 4. The second-order valence-electron chi connectivity index (χ2n) is 3.23. The summed E-state index contributed by atoms with van der Waals surface area (Å²) in [5.41, 5.74) is 0. The summed E-state index contributed by atoms with van der Waals surface area (Å²) in [5.74, 6) is 11.1. The van der Waals surface area contributed by atoms with Crippen LogP contribution in [0.1, 0.15) is 19.8 Å². The van der Waals surface area contributed by atoms with Crippen molar-refractivity contribution in [1.82, 2.24) is 0 Å². The van der Waals surface area contributed by atoms with Crippen LogP contribution in [0.15, 0.2) is 24.3 Å². The van der Waals surface area contributed by atoms with Crippen LogP contribution in [0.5, 0.6) is 0 Å². The molecule has 1 aliphatic rings. The molecule has 0 aromatic carbocycles. The van der Waals surface area contributed by atoms with Crippen molar-refractivity contribution in [3.8, 4) is 23.7 Å². The summed E-state index contributed by atoms with van der Waals surface area (Å²) in [6.45, 7) is 1.91. The van der Waals surface area contributed by atoms with E-state index in [1.165, 1.54) is 0 Å². The Bertz CT molecular complexity index is 396. The highest BCUT2D eigenvalue weighted by molar-refractivity contribution is 5.49. The molecule has 1 rings (SSSR count). The van der Waals surface area contributed by atoms with E-state index in [0.29, 0.717) is 6.42 Å². The zero-order valence-corrected chi connectivity index (χ0v) is 9.27. The summed E-state index contributed by atoms with van der Waals surface area (Å²) < 4.78 is 5.27. The van der Waals surface area contributed by atoms with Crippen molar-refractivity contribution in [2.24, 2.45) is 0 Å². The monoisotopic (exact) mass is 214 g/mol. The molecule has 0 bridgehead atoms. The Balaban J connectivity index is 2.22. The molecule has 2 unspecified atom stereocenters. The van der Waals surface area contributed by atoms with Crippen molar-refractivity contribution in [2.75, 3.05) is 0 Å². The molecule has 1 aliphatic heterocycles. The standard InChI is InChI=1S/C14H14O2/c1-2-3-4-5-7-10-13-14(16-13)11-8-6-9-12-15/h2-3,8,11-14H,6,9H2,1H3. The first-order valence-electron chi connectivity index (χ1n) is 5.26. The van der Waals surface area contributed by atoms with Gasteiger partial charge in [0, 0.05) is 6.42 Å². The molecule has 0 N–H and O–H groups in total. The minimum absolute atomic E-state index is 0.0209. The third-order valence-corrected chi connectivity index (χ3v) is 1.90. The molecule has 16 heavy (non-hydrogen) atoms. The van der Waals surface area contributed by atoms with Gasteiger partial charge in [0.25, 0.3) is 0 Å². The van der Waals surface area contributed by atoms with Gasteiger partial charge in [-0.25, -0.2) is 0 Å². The second-order valence-corrected chi connectivity index (χ2v) is 3.23. The molecule has 2 atom stereocenters. The Morgan fingerprint density at radius 3 is 2.94 bits per heavy atom. The molecule has 0 aromatic rings. The number of carbonyl (C=O) groups is 1. The van der Waals surface area contributed by atoms with Gasteiger partial charge in [0.15, 0.2) is 0 Å². The molecule has 82 valence electrons. The lowest BCUT2D eigenvalue weighted by Gasteiger charge is -1.80. The minimum Gasteiger partial charge on any atom is -0.351 e. The maximum Gasteiger partial charge on any atom is 0.149 e. The molecule has 0 aliphatic carbocycles. The average molecular weight is 214 g/mol. The fourth-order valence-electron chi connectivity index (χ4n) is 1.05. The van der Waals surface area contributed by atoms with Crippen molar-refractivity contribution in [1.29, 1.82) is 0 Å². The molecule has 0 amide bonds. The third-order valence-electron chi connectivity index (χ3n) is 1.90. The summed E-state index contributed by atoms with van der Waals surface area (Å²) >= 11 is 0. The summed E-state index contributed by atoms with van der Waals surface area (Å²) in [6.07, 6.45) is 9.81. The highest BCUT2D eigenvalue weighted by Gasteiger charge is 2.34. The van der Waals surface area contributed by atoms with Crippen LogP contribution in [0.25, 0.3) is 0 Å². The van der Waals surface area contributed by atoms with Crippen molar-refractivity contribution in [3.05, 3.63) is 24.3 Å². The van der Waals surface area contributed by atoms with E-state index in [1.54, 1.807) is 6.08 Å². The quantitative estimate of drug-likeness (QED) is 0.235. The van der Waals surface area contributed by atoms with Gasteiger partial charge in [0.1, 0.15) is 18.5 Å². The van der Waals surface area contributed by atoms with Crippen molar-refractivity contribution < 1.29 is 9.53 Å². The van der Waals surface area contributed by atoms with E-state index in [1.807, 2.05) is 25.2 Å². The molecule has 2 nitrogen and oxygen atoms in total. The molecule has 0 aromatic heterocycles. The maximum absolute atomic E-state index is 10.0. The number of ether oxygens (including phenoxy) is 1. The first-order valence-corrected chi connectivity index (χ1v) is 5.26. The first kappa shape index (κ1) is 12.3. The van der Waals surface area contributed by atoms with Gasteiger partial charge in [-0.05, 0) is 31.3 Å². The van der Waals surface area contributed by atoms with E-state index in [0.717, 1.165) is 12.7 Å². The summed E-state index contributed by atoms with van der Waals surface area (Å²) in [5, 5.41) is 0. The highest BCUT2D eigenvalue weighted by Crippen LogP contribution is 2.22. The number of hydrogen-bond donors (Lipinski definition) is 0. The topological polar surface area (TPSA) is 29.6 Å². The van der Waals surface area contributed by atoms with Crippen LogP contribution in [-0.2, 0) is 9.53 Å². The van der Waals surface area contributed by atoms with Gasteiger partial charge in [-0.1, -0.05) is 30.1 Å². The highest BCUT2D eigenvalue weighted by atomic mass is 16.6. The average Bonchev–Trinajstić information content (AvgIpc) is 3.03. The van der Waals surface area contributed by atoms with Crippen LogP contribution in [-0.4, -0.2) is 18.5 Å². The lowest BCUT2D eigenvalue weighted by atomic mass is 10.2. The van der Waals surface area contributed by atoms with E-state index < -0.39 is 0 Å². The summed E-state index contributed by atoms with van der Waals surface area (Å²) in [6, 6.07) is 0. The lowest BCUT2D eigenvalue weighted by Crippen LogP contribution is -1.84. The van der Waals surface area contributed by atoms with Crippen LogP contribution in [0, 0.1) is 23.7 Å². The van der Waals surface area contributed by atoms with Gasteiger partial charge in [0.05, 0.1) is 0 Å². The predicted molar refractivity (Wildman–Crippen MR) is 63.5 cm³/mol. The SMILES string of the molecule is CC=CC#CC#CC1OC1C=CCCC=O. The summed E-state index contributed by atoms with van der Waals surface area (Å²) in [7, 11) is 0. The smallest absolute Gasteiger partial charge is 0.149 e. The van der Waals surface area contributed by atoms with Crippen LogP contribution in [0.4, 0.5) is 0 Å². The molecular weight excluding hydrogens is 200 g/mol. The number of hydrogen-bond acceptors (Lipinski definition) is 2. The minimum atomic E-state index is -0.0209. The molecule has 0 spiro atoms. The fraction of sp³-hybridized carbons (Fsp3) is 0.357. The normalized spacial score (nSPS) is 22.3. The van der Waals surface area contributed by atoms with Crippen LogP contribution in [0.2, 0.25) is 0 Å². The number of epoxide rings is 1. The molecule has 1 fully saturated rings. The first-order chi connectivity index (χ1) is 7.88. The maximum atomic E-state index is 10.0. The van der Waals surface area contributed by atoms with E-state index in [-0.39, 0.29) is 12.2 Å². The lowest BCUT2D eigenvalue weighted by molar-refractivity contribution is -0.107. The van der Waals surface area contributed by atoms with E-state index in [2.05, 4.69) is 23.7 Å². The number of aldehydes is 1. The Morgan fingerprint density at radius 2 is 2.19 bits per heavy atom. The van der Waals surface area contributed by atoms with Gasteiger partial charge in [-0.2, -0.15) is 0 Å². The number of allylic oxidation sites excluding steroid dienone is 3. The Kier molecular flexibility index (Phi) is 5.78.